The summed E-state index contributed by atoms with van der Waals surface area (Å²) in [7, 11) is -13.8. The molecular weight excluding hydrogens is 418 g/mol. The molecule has 1 fully saturated rings. The van der Waals surface area contributed by atoms with Gasteiger partial charge in [0, 0.05) is 13.1 Å². The fourth-order valence-corrected chi connectivity index (χ4v) is 3.92. The number of hydrogen-bond acceptors (Lipinski definition) is 4. The summed E-state index contributed by atoms with van der Waals surface area (Å²) in [4.78, 5) is 0. The van der Waals surface area contributed by atoms with E-state index in [0.717, 1.165) is 0 Å². The van der Waals surface area contributed by atoms with Gasteiger partial charge in [0.25, 0.3) is 10.0 Å². The van der Waals surface area contributed by atoms with Gasteiger partial charge in [0.2, 0.25) is 0 Å². The number of sulfonamides is 1. The van der Waals surface area contributed by atoms with Crippen molar-refractivity contribution in [3.63, 3.8) is 0 Å². The molecule has 6 nitrogen and oxygen atoms in total. The Labute approximate surface area is 136 Å². The van der Waals surface area contributed by atoms with Crippen LogP contribution in [0.5, 0.6) is 0 Å². The minimum absolute atomic E-state index is 0.0710. The van der Waals surface area contributed by atoms with Crippen LogP contribution < -0.4 is 0 Å². The average molecular weight is 429 g/mol. The third-order valence-corrected chi connectivity index (χ3v) is 6.28. The fourth-order valence-electron chi connectivity index (χ4n) is 1.96. The van der Waals surface area contributed by atoms with E-state index in [9.17, 15) is 52.0 Å². The van der Waals surface area contributed by atoms with Crippen LogP contribution in [0.15, 0.2) is 0 Å². The van der Waals surface area contributed by atoms with Crippen LogP contribution >= 0.6 is 0 Å². The highest BCUT2D eigenvalue weighted by atomic mass is 32.2. The van der Waals surface area contributed by atoms with Gasteiger partial charge in [-0.3, -0.25) is 4.55 Å². The largest absolute Gasteiger partial charge is 0.438 e. The highest BCUT2D eigenvalue weighted by Gasteiger charge is 2.87. The topological polar surface area (TPSA) is 91.7 Å². The molecule has 1 rings (SSSR count). The van der Waals surface area contributed by atoms with Gasteiger partial charge in [0.1, 0.15) is 0 Å². The smallest absolute Gasteiger partial charge is 0.281 e. The molecule has 1 aliphatic heterocycles. The van der Waals surface area contributed by atoms with E-state index < -0.39 is 55.6 Å². The minimum Gasteiger partial charge on any atom is -0.281 e. The molecule has 1 aliphatic rings. The van der Waals surface area contributed by atoms with Crippen molar-refractivity contribution < 1.29 is 56.5 Å². The molecule has 0 radical (unpaired) electrons. The fraction of sp³-hybridized carbons (Fsp3) is 1.00. The van der Waals surface area contributed by atoms with E-state index in [2.05, 4.69) is 0 Å². The second-order valence-electron chi connectivity index (χ2n) is 5.12. The average Bonchev–Trinajstić information content (AvgIpc) is 2.46. The summed E-state index contributed by atoms with van der Waals surface area (Å²) in [5.74, 6) is -14.8. The van der Waals surface area contributed by atoms with Crippen molar-refractivity contribution in [1.29, 1.82) is 0 Å². The zero-order valence-corrected chi connectivity index (χ0v) is 13.5. The molecular formula is C9H11F8NO5S2. The van der Waals surface area contributed by atoms with Crippen LogP contribution in [0.2, 0.25) is 0 Å². The molecule has 0 bridgehead atoms. The maximum absolute atomic E-state index is 13.7. The molecule has 0 aliphatic carbocycles. The first-order chi connectivity index (χ1) is 10.9. The number of rotatable bonds is 6. The van der Waals surface area contributed by atoms with Crippen LogP contribution in [0.4, 0.5) is 35.1 Å². The van der Waals surface area contributed by atoms with E-state index in [0.29, 0.717) is 6.42 Å². The quantitative estimate of drug-likeness (QED) is 0.516. The lowest BCUT2D eigenvalue weighted by Crippen LogP contribution is -2.67. The van der Waals surface area contributed by atoms with Gasteiger partial charge in [-0.2, -0.15) is 47.8 Å². The Morgan fingerprint density at radius 1 is 0.680 bits per heavy atom. The van der Waals surface area contributed by atoms with Gasteiger partial charge in [0.15, 0.2) is 0 Å². The van der Waals surface area contributed by atoms with Crippen molar-refractivity contribution in [2.45, 2.75) is 41.6 Å². The summed E-state index contributed by atoms with van der Waals surface area (Å²) in [5, 5.41) is -13.9. The van der Waals surface area contributed by atoms with E-state index in [1.165, 1.54) is 0 Å². The molecule has 25 heavy (non-hydrogen) atoms. The molecule has 0 aromatic carbocycles. The van der Waals surface area contributed by atoms with Crippen LogP contribution in [0.25, 0.3) is 0 Å². The van der Waals surface area contributed by atoms with E-state index in [-0.39, 0.29) is 17.1 Å². The summed E-state index contributed by atoms with van der Waals surface area (Å²) in [6, 6.07) is 0. The molecule has 0 aromatic rings. The number of alkyl halides is 8. The van der Waals surface area contributed by atoms with Gasteiger partial charge < -0.3 is 0 Å². The van der Waals surface area contributed by atoms with E-state index in [1.807, 2.05) is 0 Å². The summed E-state index contributed by atoms with van der Waals surface area (Å²) < 4.78 is 158. The number of halogens is 8. The molecule has 1 N–H and O–H groups in total. The monoisotopic (exact) mass is 429 g/mol. The molecule has 0 aromatic heterocycles. The van der Waals surface area contributed by atoms with Crippen molar-refractivity contribution >= 4 is 20.1 Å². The summed E-state index contributed by atoms with van der Waals surface area (Å²) in [5.41, 5.74) is 0. The van der Waals surface area contributed by atoms with Crippen molar-refractivity contribution in [2.24, 2.45) is 0 Å². The Kier molecular flexibility index (Phi) is 5.49. The first kappa shape index (κ1) is 22.3. The predicted octanol–water partition coefficient (Wildman–Crippen LogP) is 2.15. The maximum atomic E-state index is 13.7. The van der Waals surface area contributed by atoms with Crippen molar-refractivity contribution in [1.82, 2.24) is 4.31 Å². The Morgan fingerprint density at radius 2 is 1.04 bits per heavy atom. The lowest BCUT2D eigenvalue weighted by Gasteiger charge is -2.37. The number of nitrogens with zero attached hydrogens (tertiary/aromatic N) is 1. The maximum Gasteiger partial charge on any atom is 0.438 e. The summed E-state index contributed by atoms with van der Waals surface area (Å²) >= 11 is 0. The molecule has 0 spiro atoms. The van der Waals surface area contributed by atoms with Gasteiger partial charge in [-0.1, -0.05) is 6.42 Å². The van der Waals surface area contributed by atoms with Crippen molar-refractivity contribution in [3.05, 3.63) is 0 Å². The summed E-state index contributed by atoms with van der Waals surface area (Å²) in [6.07, 6.45) is 0.182. The first-order valence-corrected chi connectivity index (χ1v) is 9.21. The second kappa shape index (κ2) is 6.16. The van der Waals surface area contributed by atoms with Crippen LogP contribution in [0, 0.1) is 0 Å². The van der Waals surface area contributed by atoms with Gasteiger partial charge in [0.05, 0.1) is 0 Å². The minimum atomic E-state index is -7.44. The molecule has 1 heterocycles. The van der Waals surface area contributed by atoms with Crippen LogP contribution in [0.3, 0.4) is 0 Å². The van der Waals surface area contributed by atoms with Crippen LogP contribution in [-0.4, -0.2) is 61.1 Å². The second-order valence-corrected chi connectivity index (χ2v) is 8.56. The number of piperidine rings is 1. The van der Waals surface area contributed by atoms with E-state index in [1.54, 1.807) is 0 Å². The normalized spacial score (nSPS) is 19.9. The highest BCUT2D eigenvalue weighted by molar-refractivity contribution is 7.90. The Morgan fingerprint density at radius 3 is 1.40 bits per heavy atom. The number of hydrogen-bond donors (Lipinski definition) is 1. The van der Waals surface area contributed by atoms with Gasteiger partial charge in [-0.05, 0) is 12.8 Å². The zero-order chi connectivity index (χ0) is 20.1. The van der Waals surface area contributed by atoms with Crippen molar-refractivity contribution in [3.8, 4) is 0 Å². The molecule has 0 unspecified atom stereocenters. The lowest BCUT2D eigenvalue weighted by atomic mass is 10.2. The molecule has 150 valence electrons. The Balaban J connectivity index is 3.48. The van der Waals surface area contributed by atoms with E-state index in [4.69, 9.17) is 4.55 Å². The molecule has 1 saturated heterocycles. The van der Waals surface area contributed by atoms with Gasteiger partial charge in [-0.25, -0.2) is 8.42 Å². The van der Waals surface area contributed by atoms with Crippen LogP contribution in [-0.2, 0) is 20.1 Å². The standard InChI is InChI=1S/C9H11F8NO5S2/c10-6(11,7(12,13)9(16,17)25(21,22)23)8(14,15)24(19,20)18-4-2-1-3-5-18/h1-5H2,(H,21,22,23). The van der Waals surface area contributed by atoms with Crippen LogP contribution in [0.1, 0.15) is 19.3 Å². The lowest BCUT2D eigenvalue weighted by molar-refractivity contribution is -0.327. The van der Waals surface area contributed by atoms with Gasteiger partial charge in [-0.15, -0.1) is 0 Å². The van der Waals surface area contributed by atoms with E-state index >= 15 is 0 Å². The Bertz CT molecular complexity index is 714. The highest BCUT2D eigenvalue weighted by Crippen LogP contribution is 2.56. The molecule has 16 heteroatoms. The van der Waals surface area contributed by atoms with Gasteiger partial charge >= 0.3 is 32.5 Å². The zero-order valence-electron chi connectivity index (χ0n) is 11.9. The predicted molar refractivity (Wildman–Crippen MR) is 65.7 cm³/mol. The first-order valence-electron chi connectivity index (χ1n) is 6.33. The SMILES string of the molecule is O=S(=O)(O)C(F)(F)C(F)(F)C(F)(F)C(F)(F)S(=O)(=O)N1CCCCC1. The molecule has 0 amide bonds. The summed E-state index contributed by atoms with van der Waals surface area (Å²) in [6.45, 7) is -1.48. The molecule has 0 saturated carbocycles. The third kappa shape index (κ3) is 3.10. The third-order valence-electron chi connectivity index (χ3n) is 3.43. The molecule has 0 atom stereocenters. The van der Waals surface area contributed by atoms with Crippen molar-refractivity contribution in [2.75, 3.05) is 13.1 Å². The Hall–Kier alpha value is -0.740.